The first-order valence-electron chi connectivity index (χ1n) is 8.65. The number of aromatic nitrogens is 1. The van der Waals surface area contributed by atoms with Gasteiger partial charge in [0.25, 0.3) is 5.91 Å². The molecule has 4 aromatic rings. The highest BCUT2D eigenvalue weighted by Crippen LogP contribution is 2.34. The first kappa shape index (κ1) is 18.0. The predicted octanol–water partition coefficient (Wildman–Crippen LogP) is 4.00. The molecule has 0 atom stereocenters. The van der Waals surface area contributed by atoms with Gasteiger partial charge in [-0.3, -0.25) is 4.79 Å². The number of hydrogen-bond acceptors (Lipinski definition) is 3. The number of H-pyrrole nitrogens is 1. The van der Waals surface area contributed by atoms with Crippen LogP contribution in [-0.2, 0) is 9.84 Å². The summed E-state index contributed by atoms with van der Waals surface area (Å²) in [6, 6.07) is 20.2. The van der Waals surface area contributed by atoms with Gasteiger partial charge in [0.05, 0.1) is 16.0 Å². The molecule has 1 aromatic heterocycles. The van der Waals surface area contributed by atoms with E-state index >= 15 is 0 Å². The number of carbonyl (C=O) groups excluding carboxylic acids is 1. The van der Waals surface area contributed by atoms with E-state index in [-0.39, 0.29) is 4.90 Å². The van der Waals surface area contributed by atoms with Gasteiger partial charge in [-0.05, 0) is 41.0 Å². The second-order valence-electron chi connectivity index (χ2n) is 6.68. The average molecular weight is 390 g/mol. The topological polar surface area (TPSA) is 93.0 Å². The molecule has 0 saturated carbocycles. The Morgan fingerprint density at radius 2 is 1.57 bits per heavy atom. The first-order valence-corrected chi connectivity index (χ1v) is 10.5. The molecule has 0 aliphatic rings. The second-order valence-corrected chi connectivity index (χ2v) is 8.69. The van der Waals surface area contributed by atoms with Crippen molar-refractivity contribution in [3.8, 4) is 22.3 Å². The lowest BCUT2D eigenvalue weighted by Crippen LogP contribution is -2.11. The second kappa shape index (κ2) is 6.65. The molecule has 6 heteroatoms. The Balaban J connectivity index is 1.93. The monoisotopic (exact) mass is 390 g/mol. The normalized spacial score (nSPS) is 11.6. The molecule has 3 N–H and O–H groups in total. The van der Waals surface area contributed by atoms with Gasteiger partial charge in [-0.2, -0.15) is 0 Å². The lowest BCUT2D eigenvalue weighted by molar-refractivity contribution is 0.100. The summed E-state index contributed by atoms with van der Waals surface area (Å²) in [5.74, 6) is -0.511. The van der Waals surface area contributed by atoms with Crippen molar-refractivity contribution in [2.75, 3.05) is 6.26 Å². The summed E-state index contributed by atoms with van der Waals surface area (Å²) >= 11 is 0. The number of nitrogens with two attached hydrogens (primary N) is 1. The molecule has 0 bridgehead atoms. The molecule has 0 aliphatic heterocycles. The van der Waals surface area contributed by atoms with Crippen LogP contribution in [0.5, 0.6) is 0 Å². The zero-order valence-corrected chi connectivity index (χ0v) is 16.0. The van der Waals surface area contributed by atoms with Crippen molar-refractivity contribution in [2.45, 2.75) is 4.90 Å². The van der Waals surface area contributed by atoms with E-state index in [0.29, 0.717) is 11.1 Å². The van der Waals surface area contributed by atoms with E-state index in [1.165, 1.54) is 6.26 Å². The molecule has 0 spiro atoms. The number of primary amides is 1. The van der Waals surface area contributed by atoms with Crippen LogP contribution >= 0.6 is 0 Å². The highest BCUT2D eigenvalue weighted by Gasteiger charge is 2.16. The molecule has 0 unspecified atom stereocenters. The predicted molar refractivity (Wildman–Crippen MR) is 111 cm³/mol. The maximum absolute atomic E-state index is 12.0. The number of rotatable bonds is 4. The highest BCUT2D eigenvalue weighted by molar-refractivity contribution is 7.90. The minimum absolute atomic E-state index is 0.263. The minimum Gasteiger partial charge on any atom is -0.366 e. The number of carbonyl (C=O) groups is 1. The Morgan fingerprint density at radius 1 is 0.893 bits per heavy atom. The van der Waals surface area contributed by atoms with Crippen molar-refractivity contribution in [3.63, 3.8) is 0 Å². The summed E-state index contributed by atoms with van der Waals surface area (Å²) < 4.78 is 23.4. The zero-order chi connectivity index (χ0) is 19.9. The fourth-order valence-corrected chi connectivity index (χ4v) is 3.97. The third kappa shape index (κ3) is 3.18. The molecule has 0 fully saturated rings. The van der Waals surface area contributed by atoms with E-state index in [1.807, 2.05) is 36.4 Å². The van der Waals surface area contributed by atoms with Crippen LogP contribution in [0, 0.1) is 0 Å². The van der Waals surface area contributed by atoms with Crippen LogP contribution in [0.4, 0.5) is 0 Å². The van der Waals surface area contributed by atoms with Crippen LogP contribution in [0.3, 0.4) is 0 Å². The summed E-state index contributed by atoms with van der Waals surface area (Å²) in [5.41, 5.74) is 10.3. The van der Waals surface area contributed by atoms with Crippen LogP contribution in [0.25, 0.3) is 33.2 Å². The largest absolute Gasteiger partial charge is 0.366 e. The van der Waals surface area contributed by atoms with Gasteiger partial charge in [-0.15, -0.1) is 0 Å². The fraction of sp³-hybridized carbons (Fsp3) is 0.0455. The average Bonchev–Trinajstić information content (AvgIpc) is 3.11. The van der Waals surface area contributed by atoms with Gasteiger partial charge in [-0.1, -0.05) is 42.5 Å². The van der Waals surface area contributed by atoms with Crippen molar-refractivity contribution in [1.29, 1.82) is 0 Å². The van der Waals surface area contributed by atoms with Crippen LogP contribution in [0.1, 0.15) is 10.4 Å². The van der Waals surface area contributed by atoms with E-state index < -0.39 is 15.7 Å². The Bertz CT molecular complexity index is 1290. The minimum atomic E-state index is -3.26. The quantitative estimate of drug-likeness (QED) is 0.551. The zero-order valence-electron chi connectivity index (χ0n) is 15.1. The van der Waals surface area contributed by atoms with Crippen molar-refractivity contribution < 1.29 is 13.2 Å². The first-order chi connectivity index (χ1) is 13.3. The molecule has 4 rings (SSSR count). The van der Waals surface area contributed by atoms with Crippen LogP contribution in [-0.4, -0.2) is 25.6 Å². The van der Waals surface area contributed by atoms with E-state index in [9.17, 15) is 13.2 Å². The van der Waals surface area contributed by atoms with Crippen LogP contribution in [0.2, 0.25) is 0 Å². The molecule has 140 valence electrons. The van der Waals surface area contributed by atoms with Crippen molar-refractivity contribution in [3.05, 3.63) is 78.5 Å². The number of nitrogens with one attached hydrogen (secondary N) is 1. The summed E-state index contributed by atoms with van der Waals surface area (Å²) in [5, 5.41) is 0.849. The maximum Gasteiger partial charge on any atom is 0.250 e. The van der Waals surface area contributed by atoms with Gasteiger partial charge in [0.2, 0.25) is 0 Å². The Morgan fingerprint density at radius 3 is 2.18 bits per heavy atom. The molecule has 28 heavy (non-hydrogen) atoms. The van der Waals surface area contributed by atoms with E-state index in [0.717, 1.165) is 27.6 Å². The number of sulfone groups is 1. The van der Waals surface area contributed by atoms with Gasteiger partial charge in [0.1, 0.15) is 0 Å². The summed E-state index contributed by atoms with van der Waals surface area (Å²) in [4.78, 5) is 15.4. The molecule has 1 amide bonds. The lowest BCUT2D eigenvalue weighted by atomic mass is 9.97. The highest BCUT2D eigenvalue weighted by atomic mass is 32.2. The third-order valence-corrected chi connectivity index (χ3v) is 5.88. The molecule has 5 nitrogen and oxygen atoms in total. The Labute approximate surface area is 162 Å². The number of benzene rings is 3. The number of amides is 1. The summed E-state index contributed by atoms with van der Waals surface area (Å²) in [7, 11) is -3.26. The summed E-state index contributed by atoms with van der Waals surface area (Å²) in [6.07, 6.45) is 2.99. The molecular formula is C22H18N2O3S. The van der Waals surface area contributed by atoms with Gasteiger partial charge in [-0.25, -0.2) is 8.42 Å². The van der Waals surface area contributed by atoms with E-state index in [2.05, 4.69) is 4.98 Å². The van der Waals surface area contributed by atoms with Crippen LogP contribution < -0.4 is 5.73 Å². The van der Waals surface area contributed by atoms with Gasteiger partial charge < -0.3 is 10.7 Å². The van der Waals surface area contributed by atoms with E-state index in [4.69, 9.17) is 5.73 Å². The molecule has 0 aliphatic carbocycles. The van der Waals surface area contributed by atoms with Gasteiger partial charge in [0.15, 0.2) is 9.84 Å². The van der Waals surface area contributed by atoms with Gasteiger partial charge >= 0.3 is 0 Å². The summed E-state index contributed by atoms with van der Waals surface area (Å²) in [6.45, 7) is 0. The number of fused-ring (bicyclic) bond motifs is 1. The van der Waals surface area contributed by atoms with E-state index in [1.54, 1.807) is 36.5 Å². The number of hydrogen-bond donors (Lipinski definition) is 2. The molecular weight excluding hydrogens is 372 g/mol. The van der Waals surface area contributed by atoms with Crippen molar-refractivity contribution in [1.82, 2.24) is 4.98 Å². The lowest BCUT2D eigenvalue weighted by Gasteiger charge is -2.08. The molecule has 1 heterocycles. The standard InChI is InChI=1S/C22H18N2O3S/c1-28(26,27)17-9-7-15(8-10-17)20-13-24-21-18(20)11-16(12-19(21)22(23)25)14-5-3-2-4-6-14/h2-13,24H,1H3,(H2,23,25). The van der Waals surface area contributed by atoms with Crippen LogP contribution in [0.15, 0.2) is 77.8 Å². The maximum atomic E-state index is 12.0. The molecule has 3 aromatic carbocycles. The van der Waals surface area contributed by atoms with Crippen molar-refractivity contribution in [2.24, 2.45) is 5.73 Å². The Kier molecular flexibility index (Phi) is 4.28. The number of aromatic amines is 1. The van der Waals surface area contributed by atoms with Crippen molar-refractivity contribution >= 4 is 26.6 Å². The Hall–Kier alpha value is -3.38. The molecule has 0 saturated heterocycles. The molecule has 0 radical (unpaired) electrons. The van der Waals surface area contributed by atoms with Gasteiger partial charge in [0, 0.05) is 23.4 Å². The fourth-order valence-electron chi connectivity index (χ4n) is 3.34. The third-order valence-electron chi connectivity index (χ3n) is 4.76. The SMILES string of the molecule is CS(=O)(=O)c1ccc(-c2c[nH]c3c(C(N)=O)cc(-c4ccccc4)cc23)cc1. The smallest absolute Gasteiger partial charge is 0.250 e.